The van der Waals surface area contributed by atoms with Crippen LogP contribution in [0.3, 0.4) is 0 Å². The fourth-order valence-corrected chi connectivity index (χ4v) is 3.54. The number of sulfonamides is 1. The van der Waals surface area contributed by atoms with E-state index in [9.17, 15) is 26.4 Å². The Bertz CT molecular complexity index is 918. The van der Waals surface area contributed by atoms with Crippen LogP contribution in [-0.2, 0) is 27.4 Å². The standard InChI is InChI=1S/C17H16ClF3N2O3S/c18-14-5-2-6-15(11-14)27(25,26)23-8-7-22-16(24)10-12-3-1-4-13(9-12)17(19,20)21/h1-6,9,11,23H,7-8,10H2,(H,22,24). The van der Waals surface area contributed by atoms with E-state index < -0.39 is 27.7 Å². The van der Waals surface area contributed by atoms with Crippen molar-refractivity contribution >= 4 is 27.5 Å². The number of carbonyl (C=O) groups excluding carboxylic acids is 1. The minimum atomic E-state index is -4.48. The van der Waals surface area contributed by atoms with Crippen LogP contribution < -0.4 is 10.0 Å². The van der Waals surface area contributed by atoms with Gasteiger partial charge in [-0.25, -0.2) is 13.1 Å². The van der Waals surface area contributed by atoms with Crippen LogP contribution in [0.15, 0.2) is 53.4 Å². The van der Waals surface area contributed by atoms with Crippen LogP contribution in [0.5, 0.6) is 0 Å². The molecule has 0 fully saturated rings. The summed E-state index contributed by atoms with van der Waals surface area (Å²) in [5.41, 5.74) is -0.621. The van der Waals surface area contributed by atoms with Crippen molar-refractivity contribution in [1.82, 2.24) is 10.0 Å². The molecule has 2 N–H and O–H groups in total. The Hall–Kier alpha value is -2.10. The van der Waals surface area contributed by atoms with Crippen LogP contribution >= 0.6 is 11.6 Å². The molecule has 0 atom stereocenters. The SMILES string of the molecule is O=C(Cc1cccc(C(F)(F)F)c1)NCCNS(=O)(=O)c1cccc(Cl)c1. The molecule has 0 unspecified atom stereocenters. The highest BCUT2D eigenvalue weighted by molar-refractivity contribution is 7.89. The maximum absolute atomic E-state index is 12.7. The Morgan fingerprint density at radius 2 is 1.74 bits per heavy atom. The van der Waals surface area contributed by atoms with Gasteiger partial charge in [0.25, 0.3) is 0 Å². The van der Waals surface area contributed by atoms with Gasteiger partial charge in [-0.05, 0) is 29.8 Å². The van der Waals surface area contributed by atoms with E-state index in [4.69, 9.17) is 11.6 Å². The molecule has 10 heteroatoms. The summed E-state index contributed by atoms with van der Waals surface area (Å²) in [7, 11) is -3.77. The molecule has 1 amide bonds. The minimum absolute atomic E-state index is 0.00899. The summed E-state index contributed by atoms with van der Waals surface area (Å²) in [4.78, 5) is 11.8. The van der Waals surface area contributed by atoms with Crippen molar-refractivity contribution < 1.29 is 26.4 Å². The highest BCUT2D eigenvalue weighted by Gasteiger charge is 2.30. The Labute approximate surface area is 159 Å². The van der Waals surface area contributed by atoms with Gasteiger partial charge in [0.1, 0.15) is 0 Å². The summed E-state index contributed by atoms with van der Waals surface area (Å²) in [5, 5.41) is 2.72. The van der Waals surface area contributed by atoms with Crippen LogP contribution in [0.25, 0.3) is 0 Å². The zero-order valence-corrected chi connectivity index (χ0v) is 15.5. The Kier molecular flexibility index (Phi) is 6.85. The van der Waals surface area contributed by atoms with Crippen molar-refractivity contribution in [3.63, 3.8) is 0 Å². The average molecular weight is 421 g/mol. The normalized spacial score (nSPS) is 12.0. The lowest BCUT2D eigenvalue weighted by Gasteiger charge is -2.10. The van der Waals surface area contributed by atoms with Gasteiger partial charge in [-0.1, -0.05) is 35.9 Å². The highest BCUT2D eigenvalue weighted by atomic mass is 35.5. The first kappa shape index (κ1) is 21.2. The van der Waals surface area contributed by atoms with Gasteiger partial charge >= 0.3 is 6.18 Å². The number of hydrogen-bond donors (Lipinski definition) is 2. The van der Waals surface area contributed by atoms with E-state index in [-0.39, 0.29) is 35.0 Å². The van der Waals surface area contributed by atoms with Crippen molar-refractivity contribution in [3.05, 3.63) is 64.7 Å². The van der Waals surface area contributed by atoms with E-state index in [1.54, 1.807) is 0 Å². The molecule has 0 aliphatic carbocycles. The number of rotatable bonds is 7. The van der Waals surface area contributed by atoms with Crippen molar-refractivity contribution in [2.75, 3.05) is 13.1 Å². The van der Waals surface area contributed by atoms with Crippen molar-refractivity contribution in [1.29, 1.82) is 0 Å². The molecule has 27 heavy (non-hydrogen) atoms. The second-order valence-electron chi connectivity index (χ2n) is 5.58. The van der Waals surface area contributed by atoms with Gasteiger partial charge in [0, 0.05) is 18.1 Å². The lowest BCUT2D eigenvalue weighted by atomic mass is 10.1. The number of halogens is 4. The van der Waals surface area contributed by atoms with Gasteiger partial charge in [-0.2, -0.15) is 13.2 Å². The van der Waals surface area contributed by atoms with Crippen molar-refractivity contribution in [2.45, 2.75) is 17.5 Å². The molecule has 0 aliphatic heterocycles. The smallest absolute Gasteiger partial charge is 0.355 e. The third-order valence-electron chi connectivity index (χ3n) is 3.46. The molecule has 0 saturated carbocycles. The quantitative estimate of drug-likeness (QED) is 0.676. The maximum Gasteiger partial charge on any atom is 0.416 e. The molecular formula is C17H16ClF3N2O3S. The molecule has 0 aromatic heterocycles. The molecule has 0 aliphatic rings. The Balaban J connectivity index is 1.83. The third-order valence-corrected chi connectivity index (χ3v) is 5.16. The summed E-state index contributed by atoms with van der Waals surface area (Å²) in [6.45, 7) is -0.0965. The molecule has 5 nitrogen and oxygen atoms in total. The summed E-state index contributed by atoms with van der Waals surface area (Å²) in [6, 6.07) is 10.2. The molecule has 0 bridgehead atoms. The average Bonchev–Trinajstić information content (AvgIpc) is 2.58. The number of hydrogen-bond acceptors (Lipinski definition) is 3. The topological polar surface area (TPSA) is 75.3 Å². The third kappa shape index (κ3) is 6.53. The van der Waals surface area contributed by atoms with Gasteiger partial charge in [-0.15, -0.1) is 0 Å². The predicted molar refractivity (Wildman–Crippen MR) is 94.8 cm³/mol. The van der Waals surface area contributed by atoms with Crippen LogP contribution in [0, 0.1) is 0 Å². The lowest BCUT2D eigenvalue weighted by molar-refractivity contribution is -0.137. The molecule has 0 saturated heterocycles. The van der Waals surface area contributed by atoms with Crippen molar-refractivity contribution in [3.8, 4) is 0 Å². The number of nitrogens with one attached hydrogen (secondary N) is 2. The van der Waals surface area contributed by atoms with E-state index in [2.05, 4.69) is 10.0 Å². The monoisotopic (exact) mass is 420 g/mol. The molecule has 2 rings (SSSR count). The zero-order chi connectivity index (χ0) is 20.1. The molecular weight excluding hydrogens is 405 g/mol. The van der Waals surface area contributed by atoms with E-state index >= 15 is 0 Å². The first-order valence-electron chi connectivity index (χ1n) is 7.76. The maximum atomic E-state index is 12.7. The Morgan fingerprint density at radius 1 is 1.04 bits per heavy atom. The second kappa shape index (κ2) is 8.73. The summed E-state index contributed by atoms with van der Waals surface area (Å²) in [5.74, 6) is -0.517. The van der Waals surface area contributed by atoms with Gasteiger partial charge in [0.2, 0.25) is 15.9 Å². The number of amides is 1. The summed E-state index contributed by atoms with van der Waals surface area (Å²) < 4.78 is 64.4. The summed E-state index contributed by atoms with van der Waals surface area (Å²) >= 11 is 5.75. The molecule has 0 heterocycles. The second-order valence-corrected chi connectivity index (χ2v) is 7.78. The first-order chi connectivity index (χ1) is 12.6. The molecule has 2 aromatic carbocycles. The van der Waals surface area contributed by atoms with Gasteiger partial charge in [0.05, 0.1) is 16.9 Å². The van der Waals surface area contributed by atoms with Crippen molar-refractivity contribution in [2.24, 2.45) is 0 Å². The van der Waals surface area contributed by atoms with Gasteiger partial charge < -0.3 is 5.32 Å². The highest BCUT2D eigenvalue weighted by Crippen LogP contribution is 2.29. The molecule has 146 valence electrons. The Morgan fingerprint density at radius 3 is 2.41 bits per heavy atom. The number of carbonyl (C=O) groups is 1. The van der Waals surface area contributed by atoms with E-state index in [0.717, 1.165) is 12.1 Å². The van der Waals surface area contributed by atoms with Gasteiger partial charge in [0.15, 0.2) is 0 Å². The fraction of sp³-hybridized carbons (Fsp3) is 0.235. The predicted octanol–water partition coefficient (Wildman–Crippen LogP) is 3.00. The van der Waals surface area contributed by atoms with Crippen LogP contribution in [-0.4, -0.2) is 27.4 Å². The summed E-state index contributed by atoms with van der Waals surface area (Å²) in [6.07, 6.45) is -4.73. The van der Waals surface area contributed by atoms with E-state index in [1.807, 2.05) is 0 Å². The lowest BCUT2D eigenvalue weighted by Crippen LogP contribution is -2.35. The first-order valence-corrected chi connectivity index (χ1v) is 9.62. The van der Waals surface area contributed by atoms with Crippen LogP contribution in [0.4, 0.5) is 13.2 Å². The fourth-order valence-electron chi connectivity index (χ4n) is 2.21. The minimum Gasteiger partial charge on any atom is -0.355 e. The number of alkyl halides is 3. The number of benzene rings is 2. The van der Waals surface area contributed by atoms with E-state index in [1.165, 1.54) is 36.4 Å². The molecule has 0 spiro atoms. The largest absolute Gasteiger partial charge is 0.416 e. The van der Waals surface area contributed by atoms with Crippen LogP contribution in [0.1, 0.15) is 11.1 Å². The van der Waals surface area contributed by atoms with E-state index in [0.29, 0.717) is 0 Å². The van der Waals surface area contributed by atoms with Crippen LogP contribution in [0.2, 0.25) is 5.02 Å². The zero-order valence-electron chi connectivity index (χ0n) is 13.9. The van der Waals surface area contributed by atoms with Gasteiger partial charge in [-0.3, -0.25) is 4.79 Å². The molecule has 0 radical (unpaired) electrons. The molecule has 2 aromatic rings.